The van der Waals surface area contributed by atoms with Gasteiger partial charge in [-0.25, -0.2) is 4.79 Å². The average Bonchev–Trinajstić information content (AvgIpc) is 2.67. The Balaban J connectivity index is 1.55. The third-order valence-electron chi connectivity index (χ3n) is 3.91. The lowest BCUT2D eigenvalue weighted by molar-refractivity contribution is -0.162. The van der Waals surface area contributed by atoms with Gasteiger partial charge in [-0.2, -0.15) is 13.2 Å². The van der Waals surface area contributed by atoms with Gasteiger partial charge in [0.15, 0.2) is 17.6 Å². The Morgan fingerprint density at radius 1 is 1.11 bits per heavy atom. The van der Waals surface area contributed by atoms with Gasteiger partial charge in [-0.3, -0.25) is 4.79 Å². The lowest BCUT2D eigenvalue weighted by atomic mass is 10.2. The van der Waals surface area contributed by atoms with Crippen LogP contribution in [-0.2, 0) is 20.5 Å². The van der Waals surface area contributed by atoms with Crippen LogP contribution < -0.4 is 14.8 Å². The Kier molecular flexibility index (Phi) is 5.43. The summed E-state index contributed by atoms with van der Waals surface area (Å²) in [5.74, 6) is -0.591. The van der Waals surface area contributed by atoms with Crippen molar-refractivity contribution in [3.05, 3.63) is 54.1 Å². The smallest absolute Gasteiger partial charge is 0.416 e. The third kappa shape index (κ3) is 4.54. The van der Waals surface area contributed by atoms with Gasteiger partial charge in [0.25, 0.3) is 5.91 Å². The number of rotatable bonds is 4. The average molecular weight is 395 g/mol. The van der Waals surface area contributed by atoms with Crippen molar-refractivity contribution in [3.63, 3.8) is 0 Å². The number of carbonyl (C=O) groups is 2. The lowest BCUT2D eigenvalue weighted by Gasteiger charge is -2.25. The molecule has 0 unspecified atom stereocenters. The first-order chi connectivity index (χ1) is 13.2. The van der Waals surface area contributed by atoms with Crippen molar-refractivity contribution in [2.24, 2.45) is 0 Å². The van der Waals surface area contributed by atoms with Gasteiger partial charge >= 0.3 is 12.1 Å². The van der Waals surface area contributed by atoms with E-state index in [0.717, 1.165) is 24.3 Å². The van der Waals surface area contributed by atoms with E-state index in [1.807, 2.05) is 0 Å². The highest BCUT2D eigenvalue weighted by molar-refractivity contribution is 5.95. The predicted molar refractivity (Wildman–Crippen MR) is 92.0 cm³/mol. The van der Waals surface area contributed by atoms with Crippen LogP contribution in [0.4, 0.5) is 18.9 Å². The molecule has 0 spiro atoms. The monoisotopic (exact) mass is 395 g/mol. The topological polar surface area (TPSA) is 73.9 Å². The van der Waals surface area contributed by atoms with Gasteiger partial charge < -0.3 is 19.5 Å². The number of alkyl halides is 3. The van der Waals surface area contributed by atoms with Crippen LogP contribution in [0.15, 0.2) is 48.5 Å². The number of halogens is 3. The summed E-state index contributed by atoms with van der Waals surface area (Å²) >= 11 is 0. The van der Waals surface area contributed by atoms with Crippen molar-refractivity contribution in [2.75, 3.05) is 11.9 Å². The minimum atomic E-state index is -4.47. The summed E-state index contributed by atoms with van der Waals surface area (Å²) in [5, 5.41) is 2.39. The number of para-hydroxylation sites is 2. The molecule has 1 amide bonds. The molecule has 1 aliphatic heterocycles. The zero-order valence-electron chi connectivity index (χ0n) is 14.7. The Morgan fingerprint density at radius 2 is 1.75 bits per heavy atom. The second-order valence-corrected chi connectivity index (χ2v) is 6.01. The van der Waals surface area contributed by atoms with Crippen LogP contribution >= 0.6 is 0 Å². The van der Waals surface area contributed by atoms with Crippen molar-refractivity contribution in [1.82, 2.24) is 0 Å². The number of amides is 1. The number of fused-ring (bicyclic) bond motifs is 1. The predicted octanol–water partition coefficient (Wildman–Crippen LogP) is 3.42. The van der Waals surface area contributed by atoms with Crippen LogP contribution in [0.2, 0.25) is 0 Å². The van der Waals surface area contributed by atoms with Gasteiger partial charge in [0, 0.05) is 5.69 Å². The number of hydrogen-bond acceptors (Lipinski definition) is 5. The second-order valence-electron chi connectivity index (χ2n) is 6.01. The van der Waals surface area contributed by atoms with Crippen LogP contribution in [-0.4, -0.2) is 30.7 Å². The summed E-state index contributed by atoms with van der Waals surface area (Å²) in [5.41, 5.74) is -0.688. The zero-order chi connectivity index (χ0) is 20.3. The molecular formula is C19H16F3NO5. The fourth-order valence-corrected chi connectivity index (χ4v) is 2.43. The molecular weight excluding hydrogens is 379 g/mol. The van der Waals surface area contributed by atoms with Crippen molar-refractivity contribution in [3.8, 4) is 11.5 Å². The van der Waals surface area contributed by atoms with E-state index in [2.05, 4.69) is 5.32 Å². The number of anilines is 1. The molecule has 2 aromatic rings. The zero-order valence-corrected chi connectivity index (χ0v) is 14.7. The maximum absolute atomic E-state index is 12.6. The quantitative estimate of drug-likeness (QED) is 0.804. The van der Waals surface area contributed by atoms with Crippen molar-refractivity contribution < 1.29 is 37.0 Å². The third-order valence-corrected chi connectivity index (χ3v) is 3.91. The van der Waals surface area contributed by atoms with E-state index in [1.165, 1.54) is 6.92 Å². The fraction of sp³-hybridized carbons (Fsp3) is 0.263. The van der Waals surface area contributed by atoms with E-state index in [9.17, 15) is 22.8 Å². The van der Waals surface area contributed by atoms with E-state index in [4.69, 9.17) is 14.2 Å². The summed E-state index contributed by atoms with van der Waals surface area (Å²) in [6.45, 7) is 1.28. The van der Waals surface area contributed by atoms with E-state index >= 15 is 0 Å². The molecule has 3 rings (SSSR count). The molecule has 0 saturated heterocycles. The molecule has 1 aliphatic rings. The van der Waals surface area contributed by atoms with Crippen molar-refractivity contribution >= 4 is 17.6 Å². The number of ether oxygens (including phenoxy) is 3. The molecule has 2 aromatic carbocycles. The number of benzene rings is 2. The molecule has 0 aliphatic carbocycles. The highest BCUT2D eigenvalue weighted by Crippen LogP contribution is 2.31. The molecule has 148 valence electrons. The molecule has 0 fully saturated rings. The van der Waals surface area contributed by atoms with Gasteiger partial charge in [-0.15, -0.1) is 0 Å². The van der Waals surface area contributed by atoms with Crippen molar-refractivity contribution in [1.29, 1.82) is 0 Å². The molecule has 0 bridgehead atoms. The SMILES string of the molecule is C[C@H](OC(=O)[C@@H]1COc2ccccc2O1)C(=O)Nc1ccc(C(F)(F)F)cc1. The lowest BCUT2D eigenvalue weighted by Crippen LogP contribution is -2.41. The van der Waals surface area contributed by atoms with Crippen LogP contribution in [0.25, 0.3) is 0 Å². The maximum atomic E-state index is 12.6. The molecule has 1 heterocycles. The van der Waals surface area contributed by atoms with E-state index in [1.54, 1.807) is 24.3 Å². The first-order valence-corrected chi connectivity index (χ1v) is 8.31. The van der Waals surface area contributed by atoms with Crippen LogP contribution in [0.5, 0.6) is 11.5 Å². The summed E-state index contributed by atoms with van der Waals surface area (Å²) < 4.78 is 53.7. The number of carbonyl (C=O) groups excluding carboxylic acids is 2. The molecule has 1 N–H and O–H groups in total. The van der Waals surface area contributed by atoms with Gasteiger partial charge in [0.1, 0.15) is 6.61 Å². The normalized spacial score (nSPS) is 16.8. The molecule has 6 nitrogen and oxygen atoms in total. The summed E-state index contributed by atoms with van der Waals surface area (Å²) in [6.07, 6.45) is -6.68. The Hall–Kier alpha value is -3.23. The Bertz CT molecular complexity index is 867. The number of nitrogens with one attached hydrogen (secondary N) is 1. The fourth-order valence-electron chi connectivity index (χ4n) is 2.43. The maximum Gasteiger partial charge on any atom is 0.416 e. The molecule has 0 saturated carbocycles. The summed E-state index contributed by atoms with van der Waals surface area (Å²) in [7, 11) is 0. The molecule has 0 radical (unpaired) electrons. The molecule has 0 aromatic heterocycles. The molecule has 28 heavy (non-hydrogen) atoms. The largest absolute Gasteiger partial charge is 0.485 e. The van der Waals surface area contributed by atoms with Crippen LogP contribution in [0.1, 0.15) is 12.5 Å². The van der Waals surface area contributed by atoms with Gasteiger partial charge in [0.2, 0.25) is 6.10 Å². The van der Waals surface area contributed by atoms with Gasteiger partial charge in [0.05, 0.1) is 5.56 Å². The van der Waals surface area contributed by atoms with Crippen molar-refractivity contribution in [2.45, 2.75) is 25.3 Å². The highest BCUT2D eigenvalue weighted by atomic mass is 19.4. The first kappa shape index (κ1) is 19.5. The Morgan fingerprint density at radius 3 is 2.39 bits per heavy atom. The minimum absolute atomic E-state index is 0.0664. The minimum Gasteiger partial charge on any atom is -0.485 e. The van der Waals surface area contributed by atoms with Crippen LogP contribution in [0.3, 0.4) is 0 Å². The highest BCUT2D eigenvalue weighted by Gasteiger charge is 2.32. The Labute approximate surface area is 158 Å². The summed E-state index contributed by atoms with van der Waals surface area (Å²) in [4.78, 5) is 24.3. The standard InChI is InChI=1S/C19H16F3NO5/c1-11(17(24)23-13-8-6-12(7-9-13)19(20,21)22)27-18(25)16-10-26-14-4-2-3-5-15(14)28-16/h2-9,11,16H,10H2,1H3,(H,23,24)/t11-,16-/m0/s1. The molecule has 2 atom stereocenters. The van der Waals surface area contributed by atoms with E-state index < -0.39 is 35.8 Å². The molecule has 9 heteroatoms. The number of hydrogen-bond donors (Lipinski definition) is 1. The second kappa shape index (κ2) is 7.79. The summed E-state index contributed by atoms with van der Waals surface area (Å²) in [6, 6.07) is 10.7. The number of esters is 1. The van der Waals surface area contributed by atoms with Gasteiger partial charge in [-0.05, 0) is 43.3 Å². The van der Waals surface area contributed by atoms with Crippen LogP contribution in [0, 0.1) is 0 Å². The van der Waals surface area contributed by atoms with Gasteiger partial charge in [-0.1, -0.05) is 12.1 Å². The first-order valence-electron chi connectivity index (χ1n) is 8.31. The van der Waals surface area contributed by atoms with E-state index in [0.29, 0.717) is 11.5 Å². The van der Waals surface area contributed by atoms with E-state index in [-0.39, 0.29) is 12.3 Å².